The van der Waals surface area contributed by atoms with Crippen molar-refractivity contribution in [2.45, 2.75) is 25.6 Å². The van der Waals surface area contributed by atoms with Crippen molar-refractivity contribution in [1.82, 2.24) is 4.90 Å². The van der Waals surface area contributed by atoms with Crippen molar-refractivity contribution in [1.29, 1.82) is 0 Å². The summed E-state index contributed by atoms with van der Waals surface area (Å²) in [4.78, 5) is 16.9. The highest BCUT2D eigenvalue weighted by atomic mass is 16.6. The summed E-state index contributed by atoms with van der Waals surface area (Å²) in [6.45, 7) is 4.96. The van der Waals surface area contributed by atoms with Crippen LogP contribution in [0.25, 0.3) is 0 Å². The first kappa shape index (κ1) is 14.4. The number of carbonyl (C=O) groups is 1. The minimum absolute atomic E-state index is 0.0345. The summed E-state index contributed by atoms with van der Waals surface area (Å²) < 4.78 is 10.9. The molecule has 0 bridgehead atoms. The van der Waals surface area contributed by atoms with Gasteiger partial charge < -0.3 is 19.3 Å². The lowest BCUT2D eigenvalue weighted by molar-refractivity contribution is -0.160. The van der Waals surface area contributed by atoms with Crippen LogP contribution < -0.4 is 4.90 Å². The van der Waals surface area contributed by atoms with E-state index in [0.29, 0.717) is 26.4 Å². The molecule has 5 heteroatoms. The second kappa shape index (κ2) is 6.03. The van der Waals surface area contributed by atoms with E-state index in [1.807, 2.05) is 17.0 Å². The number of rotatable bonds is 1. The predicted octanol–water partition coefficient (Wildman–Crippen LogP) is 1.27. The van der Waals surface area contributed by atoms with Crippen LogP contribution in [0, 0.1) is 0 Å². The monoisotopic (exact) mass is 290 g/mol. The lowest BCUT2D eigenvalue weighted by Gasteiger charge is -2.32. The zero-order valence-corrected chi connectivity index (χ0v) is 12.6. The summed E-state index contributed by atoms with van der Waals surface area (Å²) in [6, 6.07) is 8.39. The van der Waals surface area contributed by atoms with Gasteiger partial charge in [0, 0.05) is 31.9 Å². The second-order valence-corrected chi connectivity index (χ2v) is 5.76. The SMILES string of the molecule is C[C@H]1CN(C)c2ccccc2CN1C(=O)[C@@H]1COCCO1. The molecular formula is C16H22N2O3. The highest BCUT2D eigenvalue weighted by molar-refractivity contribution is 5.82. The number of ether oxygens (including phenoxy) is 2. The third-order valence-corrected chi connectivity index (χ3v) is 4.19. The smallest absolute Gasteiger partial charge is 0.254 e. The summed E-state index contributed by atoms with van der Waals surface area (Å²) in [6.07, 6.45) is -0.461. The summed E-state index contributed by atoms with van der Waals surface area (Å²) in [5, 5.41) is 0. The number of nitrogens with zero attached hydrogens (tertiary/aromatic N) is 2. The standard InChI is InChI=1S/C16H22N2O3/c1-12-9-17(2)14-6-4-3-5-13(14)10-18(12)16(19)15-11-20-7-8-21-15/h3-6,12,15H,7-11H2,1-2H3/t12-,15-/m0/s1. The Hall–Kier alpha value is -1.59. The predicted molar refractivity (Wildman–Crippen MR) is 80.3 cm³/mol. The molecule has 1 aromatic rings. The molecule has 1 aromatic carbocycles. The van der Waals surface area contributed by atoms with Gasteiger partial charge in [0.25, 0.3) is 5.91 Å². The van der Waals surface area contributed by atoms with Gasteiger partial charge in [-0.05, 0) is 18.6 Å². The first-order valence-corrected chi connectivity index (χ1v) is 7.45. The fourth-order valence-corrected chi connectivity index (χ4v) is 3.06. The maximum Gasteiger partial charge on any atom is 0.254 e. The number of fused-ring (bicyclic) bond motifs is 1. The summed E-state index contributed by atoms with van der Waals surface area (Å²) >= 11 is 0. The molecule has 114 valence electrons. The Bertz CT molecular complexity index is 514. The van der Waals surface area contributed by atoms with E-state index in [0.717, 1.165) is 6.54 Å². The molecule has 0 aromatic heterocycles. The number of likely N-dealkylation sites (N-methyl/N-ethyl adjacent to an activating group) is 1. The van der Waals surface area contributed by atoms with E-state index in [-0.39, 0.29) is 11.9 Å². The molecule has 0 unspecified atom stereocenters. The molecule has 3 rings (SSSR count). The zero-order chi connectivity index (χ0) is 14.8. The summed E-state index contributed by atoms with van der Waals surface area (Å²) in [5.74, 6) is 0.0345. The first-order valence-electron chi connectivity index (χ1n) is 7.45. The Morgan fingerprint density at radius 2 is 2.10 bits per heavy atom. The largest absolute Gasteiger partial charge is 0.376 e. The van der Waals surface area contributed by atoms with Gasteiger partial charge in [0.15, 0.2) is 6.10 Å². The molecule has 1 saturated heterocycles. The van der Waals surface area contributed by atoms with Crippen molar-refractivity contribution in [3.8, 4) is 0 Å². The van der Waals surface area contributed by atoms with Crippen LogP contribution in [-0.4, -0.2) is 56.4 Å². The van der Waals surface area contributed by atoms with Crippen molar-refractivity contribution in [3.05, 3.63) is 29.8 Å². The molecule has 2 heterocycles. The van der Waals surface area contributed by atoms with Gasteiger partial charge in [-0.1, -0.05) is 18.2 Å². The lowest BCUT2D eigenvalue weighted by atomic mass is 10.1. The van der Waals surface area contributed by atoms with Crippen molar-refractivity contribution >= 4 is 11.6 Å². The zero-order valence-electron chi connectivity index (χ0n) is 12.6. The number of hydrogen-bond acceptors (Lipinski definition) is 4. The lowest BCUT2D eigenvalue weighted by Crippen LogP contribution is -2.49. The van der Waals surface area contributed by atoms with Gasteiger partial charge in [0.1, 0.15) is 0 Å². The third kappa shape index (κ3) is 2.89. The van der Waals surface area contributed by atoms with Gasteiger partial charge in [-0.2, -0.15) is 0 Å². The van der Waals surface area contributed by atoms with E-state index in [9.17, 15) is 4.79 Å². The molecular weight excluding hydrogens is 268 g/mol. The minimum Gasteiger partial charge on any atom is -0.376 e. The fourth-order valence-electron chi connectivity index (χ4n) is 3.06. The van der Waals surface area contributed by atoms with Crippen LogP contribution in [0.5, 0.6) is 0 Å². The topological polar surface area (TPSA) is 42.0 Å². The second-order valence-electron chi connectivity index (χ2n) is 5.76. The molecule has 0 radical (unpaired) electrons. The molecule has 1 fully saturated rings. The number of amides is 1. The summed E-state index contributed by atoms with van der Waals surface area (Å²) in [7, 11) is 2.07. The number of anilines is 1. The minimum atomic E-state index is -0.461. The highest BCUT2D eigenvalue weighted by Gasteiger charge is 2.33. The Morgan fingerprint density at radius 1 is 1.29 bits per heavy atom. The molecule has 21 heavy (non-hydrogen) atoms. The van der Waals surface area contributed by atoms with Gasteiger partial charge in [-0.15, -0.1) is 0 Å². The van der Waals surface area contributed by atoms with E-state index in [2.05, 4.69) is 31.0 Å². The highest BCUT2D eigenvalue weighted by Crippen LogP contribution is 2.26. The van der Waals surface area contributed by atoms with Gasteiger partial charge in [0.2, 0.25) is 0 Å². The summed E-state index contributed by atoms with van der Waals surface area (Å²) in [5.41, 5.74) is 2.37. The molecule has 2 atom stereocenters. The average Bonchev–Trinajstić information content (AvgIpc) is 2.64. The average molecular weight is 290 g/mol. The van der Waals surface area contributed by atoms with E-state index in [4.69, 9.17) is 9.47 Å². The van der Waals surface area contributed by atoms with Crippen molar-refractivity contribution in [2.75, 3.05) is 38.3 Å². The Labute approximate surface area is 125 Å². The Balaban J connectivity index is 1.83. The molecule has 0 aliphatic carbocycles. The van der Waals surface area contributed by atoms with Crippen molar-refractivity contribution < 1.29 is 14.3 Å². The molecule has 2 aliphatic heterocycles. The van der Waals surface area contributed by atoms with Gasteiger partial charge in [-0.25, -0.2) is 0 Å². The quantitative estimate of drug-likeness (QED) is 0.781. The molecule has 0 saturated carbocycles. The molecule has 0 N–H and O–H groups in total. The van der Waals surface area contributed by atoms with Crippen LogP contribution in [0.3, 0.4) is 0 Å². The van der Waals surface area contributed by atoms with Crippen LogP contribution in [-0.2, 0) is 20.8 Å². The van der Waals surface area contributed by atoms with E-state index >= 15 is 0 Å². The van der Waals surface area contributed by atoms with E-state index < -0.39 is 6.10 Å². The van der Waals surface area contributed by atoms with Gasteiger partial charge in [-0.3, -0.25) is 4.79 Å². The number of carbonyl (C=O) groups excluding carboxylic acids is 1. The van der Waals surface area contributed by atoms with Crippen LogP contribution in [0.1, 0.15) is 12.5 Å². The van der Waals surface area contributed by atoms with Crippen LogP contribution in [0.4, 0.5) is 5.69 Å². The van der Waals surface area contributed by atoms with E-state index in [1.54, 1.807) is 0 Å². The molecule has 0 spiro atoms. The number of para-hydroxylation sites is 1. The Kier molecular flexibility index (Phi) is 4.12. The molecule has 2 aliphatic rings. The van der Waals surface area contributed by atoms with Gasteiger partial charge >= 0.3 is 0 Å². The van der Waals surface area contributed by atoms with Gasteiger partial charge in [0.05, 0.1) is 19.8 Å². The van der Waals surface area contributed by atoms with E-state index in [1.165, 1.54) is 11.3 Å². The number of benzene rings is 1. The number of hydrogen-bond donors (Lipinski definition) is 0. The fraction of sp³-hybridized carbons (Fsp3) is 0.562. The molecule has 5 nitrogen and oxygen atoms in total. The van der Waals surface area contributed by atoms with Crippen LogP contribution >= 0.6 is 0 Å². The third-order valence-electron chi connectivity index (χ3n) is 4.19. The maximum absolute atomic E-state index is 12.7. The van der Waals surface area contributed by atoms with Crippen molar-refractivity contribution in [2.24, 2.45) is 0 Å². The molecule has 1 amide bonds. The van der Waals surface area contributed by atoms with Crippen LogP contribution in [0.15, 0.2) is 24.3 Å². The normalized spacial score (nSPS) is 26.2. The first-order chi connectivity index (χ1) is 10.2. The Morgan fingerprint density at radius 3 is 2.86 bits per heavy atom. The van der Waals surface area contributed by atoms with Crippen molar-refractivity contribution in [3.63, 3.8) is 0 Å². The maximum atomic E-state index is 12.7. The van der Waals surface area contributed by atoms with Crippen LogP contribution in [0.2, 0.25) is 0 Å².